The highest BCUT2D eigenvalue weighted by Crippen LogP contribution is 2.30. The summed E-state index contributed by atoms with van der Waals surface area (Å²) in [6.07, 6.45) is 1.20. The Bertz CT molecular complexity index is 428. The van der Waals surface area contributed by atoms with Crippen LogP contribution in [-0.2, 0) is 0 Å². The summed E-state index contributed by atoms with van der Waals surface area (Å²) in [5.74, 6) is 1.71. The Kier molecular flexibility index (Phi) is 5.80. The average molecular weight is 268 g/mol. The van der Waals surface area contributed by atoms with Crippen molar-refractivity contribution < 1.29 is 9.47 Å². The largest absolute Gasteiger partial charge is 0.490 e. The standard InChI is InChI=1S/C14H18ClNO2/c1-4-10(2)11(3)18-12-5-6-14(13(15)9-12)17-8-7-16/h5-6,9-11H,4,8H2,1-3H3. The van der Waals surface area contributed by atoms with Crippen molar-refractivity contribution in [1.82, 2.24) is 0 Å². The van der Waals surface area contributed by atoms with E-state index in [1.807, 2.05) is 13.0 Å². The van der Waals surface area contributed by atoms with E-state index in [2.05, 4.69) is 13.8 Å². The predicted octanol–water partition coefficient (Wildman–Crippen LogP) is 4.06. The number of ether oxygens (including phenoxy) is 2. The molecule has 2 unspecified atom stereocenters. The highest BCUT2D eigenvalue weighted by Gasteiger charge is 2.12. The first-order valence-corrected chi connectivity index (χ1v) is 6.42. The SMILES string of the molecule is CCC(C)C(C)Oc1ccc(OCC#N)c(Cl)c1. The van der Waals surface area contributed by atoms with E-state index in [0.29, 0.717) is 16.7 Å². The molecule has 4 heteroatoms. The molecule has 0 aromatic heterocycles. The Morgan fingerprint density at radius 1 is 1.39 bits per heavy atom. The van der Waals surface area contributed by atoms with Gasteiger partial charge in [0.25, 0.3) is 0 Å². The van der Waals surface area contributed by atoms with Crippen LogP contribution in [0.15, 0.2) is 18.2 Å². The second-order valence-corrected chi connectivity index (χ2v) is 4.65. The fourth-order valence-corrected chi connectivity index (χ4v) is 1.67. The van der Waals surface area contributed by atoms with E-state index in [1.165, 1.54) is 0 Å². The Labute approximate surface area is 113 Å². The lowest BCUT2D eigenvalue weighted by atomic mass is 10.0. The maximum Gasteiger partial charge on any atom is 0.174 e. The molecule has 0 heterocycles. The van der Waals surface area contributed by atoms with Crippen molar-refractivity contribution in [2.75, 3.05) is 6.61 Å². The molecule has 0 bridgehead atoms. The van der Waals surface area contributed by atoms with Gasteiger partial charge in [0.15, 0.2) is 6.61 Å². The first-order chi connectivity index (χ1) is 8.58. The molecule has 0 N–H and O–H groups in total. The van der Waals surface area contributed by atoms with Gasteiger partial charge in [-0.05, 0) is 25.0 Å². The van der Waals surface area contributed by atoms with E-state index in [9.17, 15) is 0 Å². The zero-order chi connectivity index (χ0) is 13.5. The van der Waals surface area contributed by atoms with Crippen molar-refractivity contribution in [1.29, 1.82) is 5.26 Å². The molecule has 0 radical (unpaired) electrons. The van der Waals surface area contributed by atoms with Gasteiger partial charge in [0.1, 0.15) is 17.6 Å². The minimum Gasteiger partial charge on any atom is -0.490 e. The number of rotatable bonds is 6. The third-order valence-corrected chi connectivity index (χ3v) is 3.26. The summed E-state index contributed by atoms with van der Waals surface area (Å²) in [5, 5.41) is 8.89. The van der Waals surface area contributed by atoms with Crippen LogP contribution in [0.4, 0.5) is 0 Å². The van der Waals surface area contributed by atoms with Gasteiger partial charge in [0, 0.05) is 6.07 Å². The lowest BCUT2D eigenvalue weighted by Crippen LogP contribution is -2.20. The highest BCUT2D eigenvalue weighted by atomic mass is 35.5. The van der Waals surface area contributed by atoms with Gasteiger partial charge in [-0.3, -0.25) is 0 Å². The molecule has 18 heavy (non-hydrogen) atoms. The zero-order valence-corrected chi connectivity index (χ0v) is 11.7. The second kappa shape index (κ2) is 7.13. The van der Waals surface area contributed by atoms with Crippen LogP contribution in [-0.4, -0.2) is 12.7 Å². The molecular weight excluding hydrogens is 250 g/mol. The second-order valence-electron chi connectivity index (χ2n) is 4.25. The molecular formula is C14H18ClNO2. The smallest absolute Gasteiger partial charge is 0.174 e. The predicted molar refractivity (Wildman–Crippen MR) is 72.1 cm³/mol. The minimum atomic E-state index is -0.0107. The van der Waals surface area contributed by atoms with Gasteiger partial charge in [-0.15, -0.1) is 0 Å². The van der Waals surface area contributed by atoms with Crippen LogP contribution in [0, 0.1) is 17.2 Å². The number of benzene rings is 1. The van der Waals surface area contributed by atoms with Crippen LogP contribution in [0.25, 0.3) is 0 Å². The molecule has 0 saturated heterocycles. The maximum absolute atomic E-state index is 8.44. The summed E-state index contributed by atoms with van der Waals surface area (Å²) < 4.78 is 11.0. The molecule has 1 aromatic carbocycles. The van der Waals surface area contributed by atoms with Crippen molar-refractivity contribution >= 4 is 11.6 Å². The lowest BCUT2D eigenvalue weighted by Gasteiger charge is -2.20. The third-order valence-electron chi connectivity index (χ3n) is 2.96. The quantitative estimate of drug-likeness (QED) is 0.781. The number of nitriles is 1. The number of halogens is 1. The molecule has 3 nitrogen and oxygen atoms in total. The Balaban J connectivity index is 2.69. The summed E-state index contributed by atoms with van der Waals surface area (Å²) in [6.45, 7) is 6.32. The van der Waals surface area contributed by atoms with Gasteiger partial charge >= 0.3 is 0 Å². The number of hydrogen-bond donors (Lipinski definition) is 0. The molecule has 0 fully saturated rings. The fourth-order valence-electron chi connectivity index (χ4n) is 1.44. The summed E-state index contributed by atoms with van der Waals surface area (Å²) in [6, 6.07) is 7.14. The Hall–Kier alpha value is -1.40. The monoisotopic (exact) mass is 267 g/mol. The molecule has 1 aromatic rings. The Morgan fingerprint density at radius 2 is 2.11 bits per heavy atom. The van der Waals surface area contributed by atoms with Crippen LogP contribution >= 0.6 is 11.6 Å². The lowest BCUT2D eigenvalue weighted by molar-refractivity contribution is 0.158. The van der Waals surface area contributed by atoms with Crippen LogP contribution in [0.5, 0.6) is 11.5 Å². The topological polar surface area (TPSA) is 42.2 Å². The van der Waals surface area contributed by atoms with Crippen molar-refractivity contribution in [2.24, 2.45) is 5.92 Å². The van der Waals surface area contributed by atoms with Crippen molar-refractivity contribution in [3.05, 3.63) is 23.2 Å². The van der Waals surface area contributed by atoms with Crippen LogP contribution in [0.1, 0.15) is 27.2 Å². The molecule has 0 saturated carbocycles. The number of hydrogen-bond acceptors (Lipinski definition) is 3. The molecule has 0 aliphatic rings. The number of nitrogens with zero attached hydrogens (tertiary/aromatic N) is 1. The van der Waals surface area contributed by atoms with E-state index in [1.54, 1.807) is 18.2 Å². The van der Waals surface area contributed by atoms with E-state index < -0.39 is 0 Å². The molecule has 0 spiro atoms. The normalized spacial score (nSPS) is 13.5. The van der Waals surface area contributed by atoms with Crippen LogP contribution in [0.3, 0.4) is 0 Å². The summed E-state index contributed by atoms with van der Waals surface area (Å²) >= 11 is 6.05. The van der Waals surface area contributed by atoms with Crippen LogP contribution < -0.4 is 9.47 Å². The summed E-state index contributed by atoms with van der Waals surface area (Å²) in [4.78, 5) is 0. The van der Waals surface area contributed by atoms with Crippen molar-refractivity contribution in [2.45, 2.75) is 33.3 Å². The van der Waals surface area contributed by atoms with Gasteiger partial charge in [-0.2, -0.15) is 5.26 Å². The van der Waals surface area contributed by atoms with Crippen molar-refractivity contribution in [3.8, 4) is 17.6 Å². The molecule has 0 amide bonds. The molecule has 1 rings (SSSR count). The van der Waals surface area contributed by atoms with E-state index in [-0.39, 0.29) is 12.7 Å². The van der Waals surface area contributed by atoms with E-state index in [4.69, 9.17) is 26.3 Å². The van der Waals surface area contributed by atoms with Gasteiger partial charge in [-0.25, -0.2) is 0 Å². The minimum absolute atomic E-state index is 0.0107. The molecule has 98 valence electrons. The van der Waals surface area contributed by atoms with Crippen molar-refractivity contribution in [3.63, 3.8) is 0 Å². The van der Waals surface area contributed by atoms with Crippen LogP contribution in [0.2, 0.25) is 5.02 Å². The highest BCUT2D eigenvalue weighted by molar-refractivity contribution is 6.32. The van der Waals surface area contributed by atoms with Gasteiger partial charge in [-0.1, -0.05) is 31.9 Å². The summed E-state index contributed by atoms with van der Waals surface area (Å²) in [5.41, 5.74) is 0. The molecule has 0 aliphatic carbocycles. The molecule has 0 aliphatic heterocycles. The molecule has 2 atom stereocenters. The summed E-state index contributed by atoms with van der Waals surface area (Å²) in [7, 11) is 0. The maximum atomic E-state index is 8.44. The van der Waals surface area contributed by atoms with E-state index in [0.717, 1.165) is 12.2 Å². The van der Waals surface area contributed by atoms with E-state index >= 15 is 0 Å². The third kappa shape index (κ3) is 4.12. The van der Waals surface area contributed by atoms with Gasteiger partial charge < -0.3 is 9.47 Å². The first kappa shape index (κ1) is 14.7. The first-order valence-electron chi connectivity index (χ1n) is 6.04. The fraction of sp³-hybridized carbons (Fsp3) is 0.500. The average Bonchev–Trinajstić information content (AvgIpc) is 2.36. The zero-order valence-electron chi connectivity index (χ0n) is 10.9. The Morgan fingerprint density at radius 3 is 2.67 bits per heavy atom. The van der Waals surface area contributed by atoms with Gasteiger partial charge in [0.2, 0.25) is 0 Å². The van der Waals surface area contributed by atoms with Gasteiger partial charge in [0.05, 0.1) is 11.1 Å².